The molecule has 0 spiro atoms. The average molecular weight is 387 g/mol. The number of aromatic nitrogens is 4. The summed E-state index contributed by atoms with van der Waals surface area (Å²) < 4.78 is 1.43. The highest BCUT2D eigenvalue weighted by atomic mass is 16.2. The molecule has 2 heterocycles. The van der Waals surface area contributed by atoms with Gasteiger partial charge in [-0.2, -0.15) is 0 Å². The zero-order chi connectivity index (χ0) is 20.7. The number of carbonyl (C=O) groups is 1. The number of benzene rings is 2. The molecule has 0 radical (unpaired) electrons. The second-order valence-corrected chi connectivity index (χ2v) is 7.34. The lowest BCUT2D eigenvalue weighted by Gasteiger charge is -2.09. The Balaban J connectivity index is 1.99. The molecule has 0 saturated carbocycles. The minimum absolute atomic E-state index is 0.0126. The molecule has 0 aliphatic carbocycles. The molecule has 0 atom stereocenters. The van der Waals surface area contributed by atoms with Gasteiger partial charge in [0.15, 0.2) is 17.2 Å². The lowest BCUT2D eigenvalue weighted by molar-refractivity contribution is 0.0997. The SMILES string of the molecule is Cc1cccc(-n2c(=O)[nH]c3c(C(N)=O)nc(-c4ccc(C(C)C)cc4)nc32)c1. The number of nitrogens with zero attached hydrogens (tertiary/aromatic N) is 3. The van der Waals surface area contributed by atoms with Gasteiger partial charge in [0, 0.05) is 5.56 Å². The van der Waals surface area contributed by atoms with Crippen molar-refractivity contribution in [2.24, 2.45) is 5.73 Å². The third-order valence-electron chi connectivity index (χ3n) is 4.87. The van der Waals surface area contributed by atoms with Gasteiger partial charge >= 0.3 is 5.69 Å². The maximum absolute atomic E-state index is 12.7. The van der Waals surface area contributed by atoms with Gasteiger partial charge < -0.3 is 10.7 Å². The fraction of sp³-hybridized carbons (Fsp3) is 0.182. The van der Waals surface area contributed by atoms with E-state index in [1.54, 1.807) is 0 Å². The average Bonchev–Trinajstić information content (AvgIpc) is 3.02. The Kier molecular flexibility index (Phi) is 4.50. The third kappa shape index (κ3) is 3.31. The van der Waals surface area contributed by atoms with Gasteiger partial charge in [-0.05, 0) is 36.1 Å². The van der Waals surface area contributed by atoms with Gasteiger partial charge in [-0.15, -0.1) is 0 Å². The van der Waals surface area contributed by atoms with Crippen molar-refractivity contribution in [2.75, 3.05) is 0 Å². The number of imidazole rings is 1. The normalized spacial score (nSPS) is 11.3. The Hall–Kier alpha value is -3.74. The molecule has 2 aromatic heterocycles. The second kappa shape index (κ2) is 7.01. The monoisotopic (exact) mass is 387 g/mol. The van der Waals surface area contributed by atoms with Crippen LogP contribution >= 0.6 is 0 Å². The van der Waals surface area contributed by atoms with Crippen molar-refractivity contribution in [1.82, 2.24) is 19.5 Å². The standard InChI is InChI=1S/C22H21N5O2/c1-12(2)14-7-9-15(10-8-14)20-24-17(19(23)28)18-21(26-20)27(22(29)25-18)16-6-4-5-13(3)11-16/h4-12H,1-3H3,(H2,23,28)(H,25,29). The Labute approximate surface area is 167 Å². The highest BCUT2D eigenvalue weighted by molar-refractivity contribution is 6.02. The van der Waals surface area contributed by atoms with Crippen LogP contribution in [-0.2, 0) is 0 Å². The summed E-state index contributed by atoms with van der Waals surface area (Å²) in [6.45, 7) is 6.17. The van der Waals surface area contributed by atoms with Crippen molar-refractivity contribution in [3.05, 3.63) is 75.8 Å². The van der Waals surface area contributed by atoms with Gasteiger partial charge in [0.05, 0.1) is 5.69 Å². The lowest BCUT2D eigenvalue weighted by Crippen LogP contribution is -2.15. The van der Waals surface area contributed by atoms with Crippen molar-refractivity contribution >= 4 is 17.1 Å². The number of fused-ring (bicyclic) bond motifs is 1. The number of hydrogen-bond donors (Lipinski definition) is 2. The van der Waals surface area contributed by atoms with Crippen LogP contribution < -0.4 is 11.4 Å². The largest absolute Gasteiger partial charge is 0.364 e. The molecule has 1 amide bonds. The van der Waals surface area contributed by atoms with Crippen LogP contribution in [0.4, 0.5) is 0 Å². The number of nitrogens with one attached hydrogen (secondary N) is 1. The molecule has 0 saturated heterocycles. The molecular weight excluding hydrogens is 366 g/mol. The van der Waals surface area contributed by atoms with Crippen molar-refractivity contribution < 1.29 is 4.79 Å². The number of H-pyrrole nitrogens is 1. The predicted octanol–water partition coefficient (Wildman–Crippen LogP) is 3.31. The Morgan fingerprint density at radius 1 is 1.10 bits per heavy atom. The van der Waals surface area contributed by atoms with E-state index >= 15 is 0 Å². The summed E-state index contributed by atoms with van der Waals surface area (Å²) in [6.07, 6.45) is 0. The maximum atomic E-state index is 12.7. The van der Waals surface area contributed by atoms with E-state index in [0.29, 0.717) is 23.1 Å². The zero-order valence-corrected chi connectivity index (χ0v) is 16.4. The van der Waals surface area contributed by atoms with Crippen LogP contribution in [0.2, 0.25) is 0 Å². The maximum Gasteiger partial charge on any atom is 0.332 e. The Morgan fingerprint density at radius 3 is 2.45 bits per heavy atom. The van der Waals surface area contributed by atoms with Gasteiger partial charge in [-0.25, -0.2) is 19.3 Å². The number of hydrogen-bond acceptors (Lipinski definition) is 4. The lowest BCUT2D eigenvalue weighted by atomic mass is 10.0. The van der Waals surface area contributed by atoms with Crippen LogP contribution in [-0.4, -0.2) is 25.4 Å². The van der Waals surface area contributed by atoms with E-state index in [1.165, 1.54) is 10.1 Å². The van der Waals surface area contributed by atoms with Gasteiger partial charge in [-0.3, -0.25) is 4.79 Å². The summed E-state index contributed by atoms with van der Waals surface area (Å²) in [5, 5.41) is 0. The summed E-state index contributed by atoms with van der Waals surface area (Å²) in [7, 11) is 0. The number of aryl methyl sites for hydroxylation is 1. The first-order chi connectivity index (χ1) is 13.8. The first kappa shape index (κ1) is 18.6. The van der Waals surface area contributed by atoms with Crippen LogP contribution in [0.3, 0.4) is 0 Å². The fourth-order valence-electron chi connectivity index (χ4n) is 3.32. The molecule has 4 rings (SSSR count). The summed E-state index contributed by atoms with van der Waals surface area (Å²) in [6, 6.07) is 15.3. The predicted molar refractivity (Wildman–Crippen MR) is 112 cm³/mol. The van der Waals surface area contributed by atoms with Crippen molar-refractivity contribution in [1.29, 1.82) is 0 Å². The molecular formula is C22H21N5O2. The summed E-state index contributed by atoms with van der Waals surface area (Å²) >= 11 is 0. The van der Waals surface area contributed by atoms with E-state index < -0.39 is 11.6 Å². The number of aromatic amines is 1. The molecule has 0 unspecified atom stereocenters. The molecule has 4 aromatic rings. The van der Waals surface area contributed by atoms with E-state index in [2.05, 4.69) is 28.8 Å². The first-order valence-corrected chi connectivity index (χ1v) is 9.35. The van der Waals surface area contributed by atoms with Crippen molar-refractivity contribution in [2.45, 2.75) is 26.7 Å². The van der Waals surface area contributed by atoms with Gasteiger partial charge in [0.1, 0.15) is 5.52 Å². The molecule has 146 valence electrons. The smallest absolute Gasteiger partial charge is 0.332 e. The van der Waals surface area contributed by atoms with Crippen LogP contribution in [0.5, 0.6) is 0 Å². The number of primary amides is 1. The molecule has 0 bridgehead atoms. The zero-order valence-electron chi connectivity index (χ0n) is 16.4. The summed E-state index contributed by atoms with van der Waals surface area (Å²) in [5.41, 5.74) is 9.24. The molecule has 7 nitrogen and oxygen atoms in total. The van der Waals surface area contributed by atoms with Gasteiger partial charge in [-0.1, -0.05) is 50.2 Å². The molecule has 2 aromatic carbocycles. The second-order valence-electron chi connectivity index (χ2n) is 7.34. The van der Waals surface area contributed by atoms with E-state index in [9.17, 15) is 9.59 Å². The highest BCUT2D eigenvalue weighted by Crippen LogP contribution is 2.24. The fourth-order valence-corrected chi connectivity index (χ4v) is 3.32. The van der Waals surface area contributed by atoms with Gasteiger partial charge in [0.2, 0.25) is 0 Å². The molecule has 29 heavy (non-hydrogen) atoms. The Morgan fingerprint density at radius 2 is 1.83 bits per heavy atom. The summed E-state index contributed by atoms with van der Waals surface area (Å²) in [4.78, 5) is 36.4. The molecule has 0 aliphatic rings. The van der Waals surface area contributed by atoms with Crippen LogP contribution in [0, 0.1) is 6.92 Å². The van der Waals surface area contributed by atoms with Gasteiger partial charge in [0.25, 0.3) is 5.91 Å². The van der Waals surface area contributed by atoms with Crippen LogP contribution in [0.15, 0.2) is 53.3 Å². The number of nitrogens with two attached hydrogens (primary N) is 1. The van der Waals surface area contributed by atoms with Crippen molar-refractivity contribution in [3.8, 4) is 17.1 Å². The number of rotatable bonds is 4. The quantitative estimate of drug-likeness (QED) is 0.560. The topological polar surface area (TPSA) is 107 Å². The molecule has 3 N–H and O–H groups in total. The van der Waals surface area contributed by atoms with E-state index in [-0.39, 0.29) is 11.2 Å². The highest BCUT2D eigenvalue weighted by Gasteiger charge is 2.20. The molecule has 0 aliphatic heterocycles. The van der Waals surface area contributed by atoms with E-state index in [0.717, 1.165) is 11.1 Å². The third-order valence-corrected chi connectivity index (χ3v) is 4.87. The van der Waals surface area contributed by atoms with Crippen molar-refractivity contribution in [3.63, 3.8) is 0 Å². The minimum Gasteiger partial charge on any atom is -0.364 e. The first-order valence-electron chi connectivity index (χ1n) is 9.35. The molecule has 7 heteroatoms. The molecule has 0 fully saturated rings. The van der Waals surface area contributed by atoms with E-state index in [4.69, 9.17) is 5.73 Å². The Bertz CT molecular complexity index is 1280. The van der Waals surface area contributed by atoms with E-state index in [1.807, 2.05) is 55.5 Å². The summed E-state index contributed by atoms with van der Waals surface area (Å²) in [5.74, 6) is 0.00176. The minimum atomic E-state index is -0.727. The number of carbonyl (C=O) groups excluding carboxylic acids is 1. The number of amides is 1. The van der Waals surface area contributed by atoms with Crippen LogP contribution in [0.25, 0.3) is 28.2 Å². The van der Waals surface area contributed by atoms with Crippen LogP contribution in [0.1, 0.15) is 41.4 Å².